The van der Waals surface area contributed by atoms with Crippen molar-refractivity contribution >= 4 is 12.4 Å². The molecule has 1 saturated heterocycles. The van der Waals surface area contributed by atoms with Gasteiger partial charge in [0.05, 0.1) is 0 Å². The van der Waals surface area contributed by atoms with E-state index in [0.717, 1.165) is 26.1 Å². The molecule has 0 aromatic carbocycles. The topological polar surface area (TPSA) is 81.5 Å². The molecule has 0 amide bonds. The van der Waals surface area contributed by atoms with Crippen molar-refractivity contribution in [2.24, 2.45) is 11.6 Å². The van der Waals surface area contributed by atoms with Gasteiger partial charge in [0.1, 0.15) is 0 Å². The SMILES string of the molecule is Cl.NC1CCOCC1.NO. The second-order valence-corrected chi connectivity index (χ2v) is 1.95. The van der Waals surface area contributed by atoms with Crippen molar-refractivity contribution < 1.29 is 9.94 Å². The van der Waals surface area contributed by atoms with E-state index in [1.54, 1.807) is 0 Å². The Morgan fingerprint density at radius 2 is 1.60 bits per heavy atom. The summed E-state index contributed by atoms with van der Waals surface area (Å²) in [6.07, 6.45) is 2.08. The average Bonchev–Trinajstić information content (AvgIpc) is 1.94. The molecular formula is C5H15ClN2O2. The summed E-state index contributed by atoms with van der Waals surface area (Å²) in [4.78, 5) is 0. The molecule has 1 rings (SSSR count). The summed E-state index contributed by atoms with van der Waals surface area (Å²) in [7, 11) is 0. The van der Waals surface area contributed by atoms with E-state index in [1.165, 1.54) is 0 Å². The van der Waals surface area contributed by atoms with Crippen LogP contribution in [0.1, 0.15) is 12.8 Å². The maximum Gasteiger partial charge on any atom is 0.0480 e. The Labute approximate surface area is 66.9 Å². The number of hydrogen-bond donors (Lipinski definition) is 3. The van der Waals surface area contributed by atoms with Crippen LogP contribution in [-0.2, 0) is 4.74 Å². The lowest BCUT2D eigenvalue weighted by Crippen LogP contribution is -2.28. The first-order chi connectivity index (χ1) is 4.39. The molecule has 10 heavy (non-hydrogen) atoms. The second-order valence-electron chi connectivity index (χ2n) is 1.95. The molecule has 0 spiro atoms. The van der Waals surface area contributed by atoms with Gasteiger partial charge in [0.2, 0.25) is 0 Å². The summed E-state index contributed by atoms with van der Waals surface area (Å²) in [5, 5.41) is 6.50. The normalized spacial score (nSPS) is 18.3. The van der Waals surface area contributed by atoms with Crippen LogP contribution in [0.25, 0.3) is 0 Å². The van der Waals surface area contributed by atoms with Crippen molar-refractivity contribution in [1.82, 2.24) is 0 Å². The van der Waals surface area contributed by atoms with Crippen molar-refractivity contribution in [3.05, 3.63) is 0 Å². The fourth-order valence-electron chi connectivity index (χ4n) is 0.716. The Morgan fingerprint density at radius 1 is 1.20 bits per heavy atom. The monoisotopic (exact) mass is 170 g/mol. The molecule has 0 aromatic rings. The summed E-state index contributed by atoms with van der Waals surface area (Å²) < 4.78 is 5.06. The minimum Gasteiger partial charge on any atom is -0.381 e. The van der Waals surface area contributed by atoms with E-state index in [-0.39, 0.29) is 12.4 Å². The highest BCUT2D eigenvalue weighted by Crippen LogP contribution is 2.01. The van der Waals surface area contributed by atoms with Crippen molar-refractivity contribution in [2.45, 2.75) is 18.9 Å². The molecule has 0 aromatic heterocycles. The summed E-state index contributed by atoms with van der Waals surface area (Å²) >= 11 is 0. The van der Waals surface area contributed by atoms with Gasteiger partial charge < -0.3 is 15.7 Å². The minimum atomic E-state index is 0. The van der Waals surface area contributed by atoms with Crippen LogP contribution in [0.5, 0.6) is 0 Å². The van der Waals surface area contributed by atoms with E-state index in [2.05, 4.69) is 5.90 Å². The Morgan fingerprint density at radius 3 is 1.80 bits per heavy atom. The molecule has 1 aliphatic heterocycles. The maximum absolute atomic E-state index is 6.50. The first kappa shape index (κ1) is 12.8. The van der Waals surface area contributed by atoms with Crippen LogP contribution in [0.3, 0.4) is 0 Å². The lowest BCUT2D eigenvalue weighted by Gasteiger charge is -2.16. The van der Waals surface area contributed by atoms with Crippen LogP contribution in [-0.4, -0.2) is 24.5 Å². The van der Waals surface area contributed by atoms with Gasteiger partial charge in [-0.3, -0.25) is 0 Å². The molecule has 0 radical (unpaired) electrons. The van der Waals surface area contributed by atoms with Crippen LogP contribution in [0.4, 0.5) is 0 Å². The van der Waals surface area contributed by atoms with Crippen LogP contribution in [0.2, 0.25) is 0 Å². The van der Waals surface area contributed by atoms with Gasteiger partial charge >= 0.3 is 0 Å². The zero-order chi connectivity index (χ0) is 7.11. The van der Waals surface area contributed by atoms with Crippen LogP contribution in [0.15, 0.2) is 0 Å². The zero-order valence-corrected chi connectivity index (χ0v) is 6.64. The van der Waals surface area contributed by atoms with E-state index in [1.807, 2.05) is 0 Å². The Hall–Kier alpha value is 0.130. The minimum absolute atomic E-state index is 0. The number of nitrogens with two attached hydrogens (primary N) is 2. The molecular weight excluding hydrogens is 156 g/mol. The smallest absolute Gasteiger partial charge is 0.0480 e. The summed E-state index contributed by atoms with van der Waals surface area (Å²) in [6, 6.07) is 0.411. The van der Waals surface area contributed by atoms with Crippen LogP contribution >= 0.6 is 12.4 Å². The van der Waals surface area contributed by atoms with E-state index in [9.17, 15) is 0 Å². The molecule has 5 heteroatoms. The molecule has 0 aliphatic carbocycles. The van der Waals surface area contributed by atoms with E-state index in [4.69, 9.17) is 15.7 Å². The summed E-state index contributed by atoms with van der Waals surface area (Å²) in [6.45, 7) is 1.72. The van der Waals surface area contributed by atoms with Crippen molar-refractivity contribution in [1.29, 1.82) is 0 Å². The van der Waals surface area contributed by atoms with Gasteiger partial charge in [-0.1, -0.05) is 0 Å². The van der Waals surface area contributed by atoms with Crippen LogP contribution < -0.4 is 11.6 Å². The average molecular weight is 171 g/mol. The van der Waals surface area contributed by atoms with Gasteiger partial charge in [-0.15, -0.1) is 12.4 Å². The van der Waals surface area contributed by atoms with Gasteiger partial charge in [-0.05, 0) is 12.8 Å². The predicted molar refractivity (Wildman–Crippen MR) is 41.3 cm³/mol. The van der Waals surface area contributed by atoms with E-state index >= 15 is 0 Å². The molecule has 0 saturated carbocycles. The van der Waals surface area contributed by atoms with Gasteiger partial charge in [0.15, 0.2) is 0 Å². The molecule has 1 heterocycles. The van der Waals surface area contributed by atoms with E-state index < -0.39 is 0 Å². The highest BCUT2D eigenvalue weighted by molar-refractivity contribution is 5.85. The molecule has 0 unspecified atom stereocenters. The fraction of sp³-hybridized carbons (Fsp3) is 1.00. The second kappa shape index (κ2) is 9.13. The standard InChI is InChI=1S/C5H11NO.ClH.H3NO/c6-5-1-3-7-4-2-5;;1-2/h5H,1-4,6H2;1H;2H,1H2. The first-order valence-corrected chi connectivity index (χ1v) is 2.99. The van der Waals surface area contributed by atoms with Crippen molar-refractivity contribution in [3.63, 3.8) is 0 Å². The van der Waals surface area contributed by atoms with Gasteiger partial charge in [-0.25, -0.2) is 5.90 Å². The molecule has 64 valence electrons. The molecule has 1 aliphatic rings. The van der Waals surface area contributed by atoms with Gasteiger partial charge in [-0.2, -0.15) is 0 Å². The third-order valence-electron chi connectivity index (χ3n) is 1.27. The van der Waals surface area contributed by atoms with Gasteiger partial charge in [0, 0.05) is 19.3 Å². The number of halogens is 1. The highest BCUT2D eigenvalue weighted by atomic mass is 35.5. The lowest BCUT2D eigenvalue weighted by molar-refractivity contribution is 0.0866. The third kappa shape index (κ3) is 6.25. The Balaban J connectivity index is 0. The van der Waals surface area contributed by atoms with Crippen molar-refractivity contribution in [2.75, 3.05) is 13.2 Å². The molecule has 0 bridgehead atoms. The predicted octanol–water partition coefficient (Wildman–Crippen LogP) is -0.120. The highest BCUT2D eigenvalue weighted by Gasteiger charge is 2.06. The zero-order valence-electron chi connectivity index (χ0n) is 5.82. The largest absolute Gasteiger partial charge is 0.381 e. The quantitative estimate of drug-likeness (QED) is 0.443. The maximum atomic E-state index is 6.50. The number of ether oxygens (including phenoxy) is 1. The third-order valence-corrected chi connectivity index (χ3v) is 1.27. The number of rotatable bonds is 0. The molecule has 1 fully saturated rings. The summed E-state index contributed by atoms with van der Waals surface area (Å²) in [5.41, 5.74) is 5.55. The number of hydrogen-bond acceptors (Lipinski definition) is 4. The van der Waals surface area contributed by atoms with Crippen LogP contribution in [0, 0.1) is 0 Å². The Bertz CT molecular complexity index is 59.6. The van der Waals surface area contributed by atoms with E-state index in [0.29, 0.717) is 6.04 Å². The molecule has 5 N–H and O–H groups in total. The first-order valence-electron chi connectivity index (χ1n) is 2.99. The summed E-state index contributed by atoms with van der Waals surface area (Å²) in [5.74, 6) is 3.50. The molecule has 4 nitrogen and oxygen atoms in total. The van der Waals surface area contributed by atoms with Gasteiger partial charge in [0.25, 0.3) is 0 Å². The van der Waals surface area contributed by atoms with Crippen molar-refractivity contribution in [3.8, 4) is 0 Å². The Kier molecular flexibility index (Phi) is 11.7. The molecule has 0 atom stereocenters. The lowest BCUT2D eigenvalue weighted by atomic mass is 10.1. The fourth-order valence-corrected chi connectivity index (χ4v) is 0.716.